The molecule has 0 radical (unpaired) electrons. The molecule has 0 saturated carbocycles. The molecular formula is C22H13N3O. The van der Waals surface area contributed by atoms with E-state index in [9.17, 15) is 0 Å². The Balaban J connectivity index is 1.73. The predicted molar refractivity (Wildman–Crippen MR) is 104 cm³/mol. The van der Waals surface area contributed by atoms with Crippen LogP contribution in [-0.2, 0) is 0 Å². The Kier molecular flexibility index (Phi) is 2.58. The molecule has 0 atom stereocenters. The second kappa shape index (κ2) is 4.92. The average Bonchev–Trinajstić information content (AvgIpc) is 3.23. The van der Waals surface area contributed by atoms with E-state index in [-0.39, 0.29) is 0 Å². The molecule has 3 heterocycles. The molecule has 4 nitrogen and oxygen atoms in total. The summed E-state index contributed by atoms with van der Waals surface area (Å²) in [5.41, 5.74) is 3.61. The van der Waals surface area contributed by atoms with Crippen LogP contribution in [0.1, 0.15) is 0 Å². The van der Waals surface area contributed by atoms with Crippen LogP contribution >= 0.6 is 0 Å². The molecule has 0 saturated heterocycles. The third kappa shape index (κ3) is 1.73. The lowest BCUT2D eigenvalue weighted by molar-refractivity contribution is 0.651. The highest BCUT2D eigenvalue weighted by Gasteiger charge is 2.15. The third-order valence-electron chi connectivity index (χ3n) is 4.91. The maximum absolute atomic E-state index is 5.95. The fraction of sp³-hybridized carbons (Fsp3) is 0. The summed E-state index contributed by atoms with van der Waals surface area (Å²) in [5, 5.41) is 4.36. The summed E-state index contributed by atoms with van der Waals surface area (Å²) < 4.78 is 8.05. The summed E-state index contributed by atoms with van der Waals surface area (Å²) in [6, 6.07) is 24.6. The summed E-state index contributed by atoms with van der Waals surface area (Å²) in [5.74, 6) is 0.619. The number of nitrogens with zero attached hydrogens (tertiary/aromatic N) is 3. The Bertz CT molecular complexity index is 1390. The molecule has 6 aromatic rings. The van der Waals surface area contributed by atoms with Crippen LogP contribution in [-0.4, -0.2) is 14.5 Å². The van der Waals surface area contributed by atoms with Crippen LogP contribution < -0.4 is 0 Å². The number of fused-ring (bicyclic) bond motifs is 6. The van der Waals surface area contributed by atoms with Gasteiger partial charge in [0, 0.05) is 22.4 Å². The lowest BCUT2D eigenvalue weighted by atomic mass is 10.2. The first-order valence-electron chi connectivity index (χ1n) is 8.53. The van der Waals surface area contributed by atoms with E-state index in [0.29, 0.717) is 11.7 Å². The van der Waals surface area contributed by atoms with E-state index >= 15 is 0 Å². The van der Waals surface area contributed by atoms with Gasteiger partial charge in [-0.25, -0.2) is 4.98 Å². The van der Waals surface area contributed by atoms with Crippen LogP contribution in [0.2, 0.25) is 0 Å². The fourth-order valence-electron chi connectivity index (χ4n) is 3.75. The number of furan rings is 1. The van der Waals surface area contributed by atoms with E-state index in [2.05, 4.69) is 45.9 Å². The molecule has 122 valence electrons. The molecular weight excluding hydrogens is 322 g/mol. The molecule has 4 heteroatoms. The zero-order valence-electron chi connectivity index (χ0n) is 13.8. The standard InChI is InChI=1S/C22H13N3O/c1-4-10-18-14(7-1)15-8-2-5-11-19(15)25(18)22-23-13-17-16-9-3-6-12-20(16)26-21(17)24-22/h1-13H. The molecule has 0 spiro atoms. The molecule has 0 aliphatic rings. The monoisotopic (exact) mass is 335 g/mol. The second-order valence-electron chi connectivity index (χ2n) is 6.36. The quantitative estimate of drug-likeness (QED) is 0.400. The van der Waals surface area contributed by atoms with Crippen molar-refractivity contribution < 1.29 is 4.42 Å². The minimum Gasteiger partial charge on any atom is -0.438 e. The molecule has 0 aliphatic heterocycles. The average molecular weight is 335 g/mol. The van der Waals surface area contributed by atoms with Crippen molar-refractivity contribution in [2.45, 2.75) is 0 Å². The van der Waals surface area contributed by atoms with Crippen LogP contribution in [0.3, 0.4) is 0 Å². The van der Waals surface area contributed by atoms with Crippen molar-refractivity contribution in [3.05, 3.63) is 79.0 Å². The molecule has 0 N–H and O–H groups in total. The van der Waals surface area contributed by atoms with Crippen LogP contribution in [0.25, 0.3) is 49.8 Å². The summed E-state index contributed by atoms with van der Waals surface area (Å²) in [6.45, 7) is 0. The van der Waals surface area contributed by atoms with Crippen LogP contribution in [0.15, 0.2) is 83.4 Å². The maximum Gasteiger partial charge on any atom is 0.237 e. The molecule has 0 amide bonds. The molecule has 0 unspecified atom stereocenters. The zero-order chi connectivity index (χ0) is 17.1. The summed E-state index contributed by atoms with van der Waals surface area (Å²) >= 11 is 0. The van der Waals surface area contributed by atoms with Crippen molar-refractivity contribution in [1.82, 2.24) is 14.5 Å². The van der Waals surface area contributed by atoms with Crippen LogP contribution in [0, 0.1) is 0 Å². The van der Waals surface area contributed by atoms with Crippen molar-refractivity contribution >= 4 is 43.9 Å². The summed E-state index contributed by atoms with van der Waals surface area (Å²) in [7, 11) is 0. The lowest BCUT2D eigenvalue weighted by Gasteiger charge is -2.04. The van der Waals surface area contributed by atoms with E-state index in [0.717, 1.165) is 27.4 Å². The highest BCUT2D eigenvalue weighted by molar-refractivity contribution is 6.09. The van der Waals surface area contributed by atoms with Crippen molar-refractivity contribution in [2.75, 3.05) is 0 Å². The Labute approximate surface area is 148 Å². The molecule has 26 heavy (non-hydrogen) atoms. The summed E-state index contributed by atoms with van der Waals surface area (Å²) in [4.78, 5) is 9.40. The summed E-state index contributed by atoms with van der Waals surface area (Å²) in [6.07, 6.45) is 1.85. The van der Waals surface area contributed by atoms with E-state index in [1.807, 2.05) is 42.6 Å². The van der Waals surface area contributed by atoms with Crippen molar-refractivity contribution in [3.63, 3.8) is 0 Å². The topological polar surface area (TPSA) is 43.9 Å². The molecule has 0 bridgehead atoms. The van der Waals surface area contributed by atoms with E-state index in [4.69, 9.17) is 9.40 Å². The van der Waals surface area contributed by atoms with Crippen LogP contribution in [0.4, 0.5) is 0 Å². The number of aromatic nitrogens is 3. The van der Waals surface area contributed by atoms with Crippen molar-refractivity contribution in [2.24, 2.45) is 0 Å². The first-order chi connectivity index (χ1) is 12.9. The van der Waals surface area contributed by atoms with Gasteiger partial charge in [0.15, 0.2) is 0 Å². The van der Waals surface area contributed by atoms with Gasteiger partial charge in [-0.05, 0) is 18.2 Å². The zero-order valence-corrected chi connectivity index (χ0v) is 13.8. The minimum atomic E-state index is 0.609. The van der Waals surface area contributed by atoms with Gasteiger partial charge < -0.3 is 4.42 Å². The van der Waals surface area contributed by atoms with E-state index in [1.54, 1.807) is 0 Å². The molecule has 0 aliphatic carbocycles. The van der Waals surface area contributed by atoms with Gasteiger partial charge in [0.05, 0.1) is 16.4 Å². The smallest absolute Gasteiger partial charge is 0.237 e. The SMILES string of the molecule is c1ccc2c(c1)oc1nc(-n3c4ccccc4c4ccccc43)ncc12. The Morgan fingerprint density at radius 2 is 1.27 bits per heavy atom. The maximum atomic E-state index is 5.95. The van der Waals surface area contributed by atoms with E-state index < -0.39 is 0 Å². The second-order valence-corrected chi connectivity index (χ2v) is 6.36. The Morgan fingerprint density at radius 3 is 2.00 bits per heavy atom. The third-order valence-corrected chi connectivity index (χ3v) is 4.91. The number of hydrogen-bond acceptors (Lipinski definition) is 3. The van der Waals surface area contributed by atoms with Crippen molar-refractivity contribution in [3.8, 4) is 5.95 Å². The van der Waals surface area contributed by atoms with Gasteiger partial charge in [0.2, 0.25) is 11.7 Å². The minimum absolute atomic E-state index is 0.609. The fourth-order valence-corrected chi connectivity index (χ4v) is 3.75. The molecule has 6 rings (SSSR count). The number of hydrogen-bond donors (Lipinski definition) is 0. The van der Waals surface area contributed by atoms with Gasteiger partial charge >= 0.3 is 0 Å². The molecule has 3 aromatic heterocycles. The Morgan fingerprint density at radius 1 is 0.654 bits per heavy atom. The van der Waals surface area contributed by atoms with Gasteiger partial charge in [0.25, 0.3) is 0 Å². The van der Waals surface area contributed by atoms with Gasteiger partial charge in [0.1, 0.15) is 5.58 Å². The molecule has 0 fully saturated rings. The number of rotatable bonds is 1. The number of benzene rings is 3. The first-order valence-corrected chi connectivity index (χ1v) is 8.53. The first kappa shape index (κ1) is 13.6. The largest absolute Gasteiger partial charge is 0.438 e. The van der Waals surface area contributed by atoms with Gasteiger partial charge in [-0.2, -0.15) is 4.98 Å². The highest BCUT2D eigenvalue weighted by Crippen LogP contribution is 2.32. The van der Waals surface area contributed by atoms with Gasteiger partial charge in [-0.1, -0.05) is 54.6 Å². The predicted octanol–water partition coefficient (Wildman–Crippen LogP) is 5.47. The van der Waals surface area contributed by atoms with E-state index in [1.165, 1.54) is 10.8 Å². The molecule has 3 aromatic carbocycles. The normalized spacial score (nSPS) is 11.8. The number of para-hydroxylation sites is 3. The van der Waals surface area contributed by atoms with Crippen molar-refractivity contribution in [1.29, 1.82) is 0 Å². The van der Waals surface area contributed by atoms with Gasteiger partial charge in [-0.3, -0.25) is 4.57 Å². The highest BCUT2D eigenvalue weighted by atomic mass is 16.3. The van der Waals surface area contributed by atoms with Gasteiger partial charge in [-0.15, -0.1) is 0 Å². The Hall–Kier alpha value is -3.66. The lowest BCUT2D eigenvalue weighted by Crippen LogP contribution is -2.00. The van der Waals surface area contributed by atoms with Crippen LogP contribution in [0.5, 0.6) is 0 Å².